The van der Waals surface area contributed by atoms with Gasteiger partial charge in [0.05, 0.1) is 24.5 Å². The van der Waals surface area contributed by atoms with Gasteiger partial charge in [-0.15, -0.1) is 0 Å². The zero-order valence-corrected chi connectivity index (χ0v) is 21.4. The second-order valence-corrected chi connectivity index (χ2v) is 8.85. The van der Waals surface area contributed by atoms with Crippen molar-refractivity contribution in [3.8, 4) is 0 Å². The van der Waals surface area contributed by atoms with Crippen molar-refractivity contribution in [2.75, 3.05) is 25.1 Å². The minimum atomic E-state index is -0.259. The van der Waals surface area contributed by atoms with Crippen LogP contribution in [0.3, 0.4) is 0 Å². The maximum Gasteiger partial charge on any atom is 0.338 e. The number of hydrogen-bond acceptors (Lipinski definition) is 4. The van der Waals surface area contributed by atoms with E-state index < -0.39 is 0 Å². The molecule has 0 aliphatic heterocycles. The first-order valence-electron chi connectivity index (χ1n) is 13.0. The van der Waals surface area contributed by atoms with Crippen LogP contribution in [-0.4, -0.2) is 25.7 Å². The van der Waals surface area contributed by atoms with Gasteiger partial charge in [0.15, 0.2) is 0 Å². The first-order chi connectivity index (χ1) is 16.6. The molecule has 0 radical (unpaired) electrons. The average Bonchev–Trinajstić information content (AvgIpc) is 2.85. The zero-order chi connectivity index (χ0) is 24.6. The highest BCUT2D eigenvalue weighted by Gasteiger charge is 2.13. The van der Waals surface area contributed by atoms with Gasteiger partial charge in [-0.3, -0.25) is 0 Å². The van der Waals surface area contributed by atoms with E-state index in [1.807, 2.05) is 26.0 Å². The number of para-hydroxylation sites is 1. The fraction of sp³-hybridized carbons (Fsp3) is 0.500. The van der Waals surface area contributed by atoms with Crippen molar-refractivity contribution in [2.24, 2.45) is 5.92 Å². The van der Waals surface area contributed by atoms with E-state index >= 15 is 0 Å². The van der Waals surface area contributed by atoms with Crippen LogP contribution in [0, 0.1) is 5.92 Å². The fourth-order valence-corrected chi connectivity index (χ4v) is 4.16. The molecule has 0 saturated carbocycles. The highest BCUT2D eigenvalue weighted by Crippen LogP contribution is 2.22. The number of benzene rings is 2. The van der Waals surface area contributed by atoms with Crippen LogP contribution in [0.5, 0.6) is 0 Å². The molecule has 2 aromatic carbocycles. The lowest BCUT2D eigenvalue weighted by atomic mass is 9.92. The van der Waals surface area contributed by atoms with Crippen molar-refractivity contribution in [3.05, 3.63) is 77.6 Å². The monoisotopic (exact) mass is 465 g/mol. The number of anilines is 1. The Bertz CT molecular complexity index is 860. The Morgan fingerprint density at radius 3 is 2.38 bits per heavy atom. The summed E-state index contributed by atoms with van der Waals surface area (Å²) in [5.74, 6) is 1.12. The predicted octanol–water partition coefficient (Wildman–Crippen LogP) is 7.59. The van der Waals surface area contributed by atoms with Gasteiger partial charge in [-0.1, -0.05) is 56.7 Å². The quantitative estimate of drug-likeness (QED) is 0.148. The van der Waals surface area contributed by atoms with Gasteiger partial charge in [0.1, 0.15) is 0 Å². The number of nitrogens with one attached hydrogen (secondary N) is 1. The molecule has 0 bridgehead atoms. The number of allylic oxidation sites excluding steroid dienone is 1. The van der Waals surface area contributed by atoms with Gasteiger partial charge in [-0.05, 0) is 81.2 Å². The maximum absolute atomic E-state index is 12.0. The largest absolute Gasteiger partial charge is 0.499 e. The summed E-state index contributed by atoms with van der Waals surface area (Å²) in [4.78, 5) is 12.0. The molecule has 2 rings (SSSR count). The van der Waals surface area contributed by atoms with E-state index in [-0.39, 0.29) is 5.97 Å². The van der Waals surface area contributed by atoms with Gasteiger partial charge < -0.3 is 14.8 Å². The SMILES string of the molecule is C=C(CCCCC(CNc1ccccc1CCCC)Cc1ccc(C(=O)OCC)cc1)OCC. The van der Waals surface area contributed by atoms with Crippen LogP contribution in [0.1, 0.15) is 80.8 Å². The Hall–Kier alpha value is -2.75. The van der Waals surface area contributed by atoms with Crippen LogP contribution in [-0.2, 0) is 22.3 Å². The number of carbonyl (C=O) groups excluding carboxylic acids is 1. The van der Waals surface area contributed by atoms with Gasteiger partial charge in [0.2, 0.25) is 0 Å². The summed E-state index contributed by atoms with van der Waals surface area (Å²) in [7, 11) is 0. The summed E-state index contributed by atoms with van der Waals surface area (Å²) in [6.45, 7) is 12.1. The molecule has 0 spiro atoms. The lowest BCUT2D eigenvalue weighted by Gasteiger charge is -2.20. The molecule has 0 heterocycles. The molecule has 186 valence electrons. The number of ether oxygens (including phenoxy) is 2. The summed E-state index contributed by atoms with van der Waals surface area (Å²) < 4.78 is 10.6. The lowest BCUT2D eigenvalue weighted by Crippen LogP contribution is -2.18. The van der Waals surface area contributed by atoms with E-state index in [1.165, 1.54) is 29.7 Å². The number of esters is 1. The molecule has 0 aliphatic rings. The van der Waals surface area contributed by atoms with Crippen LogP contribution < -0.4 is 5.32 Å². The molecule has 2 aromatic rings. The van der Waals surface area contributed by atoms with Crippen LogP contribution >= 0.6 is 0 Å². The molecule has 1 unspecified atom stereocenters. The van der Waals surface area contributed by atoms with Crippen molar-refractivity contribution in [2.45, 2.75) is 72.1 Å². The number of carbonyl (C=O) groups is 1. The third-order valence-electron chi connectivity index (χ3n) is 6.05. The number of rotatable bonds is 17. The first kappa shape index (κ1) is 27.5. The molecule has 1 N–H and O–H groups in total. The smallest absolute Gasteiger partial charge is 0.338 e. The second kappa shape index (κ2) is 16.0. The summed E-state index contributed by atoms with van der Waals surface area (Å²) in [6, 6.07) is 16.6. The van der Waals surface area contributed by atoms with Crippen molar-refractivity contribution < 1.29 is 14.3 Å². The lowest BCUT2D eigenvalue weighted by molar-refractivity contribution is 0.0526. The standard InChI is InChI=1S/C30H43NO3/c1-5-8-15-27-16-11-12-17-29(27)31-23-26(14-10-9-13-24(4)33-6-2)22-25-18-20-28(21-19-25)30(32)34-7-3/h11-12,16-21,26,31H,4-10,13-15,22-23H2,1-3H3. The van der Waals surface area contributed by atoms with Crippen LogP contribution in [0.25, 0.3) is 0 Å². The van der Waals surface area contributed by atoms with Gasteiger partial charge >= 0.3 is 5.97 Å². The molecule has 0 fully saturated rings. The van der Waals surface area contributed by atoms with Crippen molar-refractivity contribution >= 4 is 11.7 Å². The molecule has 0 aromatic heterocycles. The molecule has 4 heteroatoms. The summed E-state index contributed by atoms with van der Waals surface area (Å²) in [6.07, 6.45) is 8.76. The van der Waals surface area contributed by atoms with Crippen LogP contribution in [0.15, 0.2) is 60.9 Å². The predicted molar refractivity (Wildman–Crippen MR) is 142 cm³/mol. The minimum Gasteiger partial charge on any atom is -0.499 e. The van der Waals surface area contributed by atoms with E-state index in [0.29, 0.717) is 24.7 Å². The number of aryl methyl sites for hydroxylation is 1. The highest BCUT2D eigenvalue weighted by atomic mass is 16.5. The van der Waals surface area contributed by atoms with Gasteiger partial charge in [0.25, 0.3) is 0 Å². The molecule has 4 nitrogen and oxygen atoms in total. The summed E-state index contributed by atoms with van der Waals surface area (Å²) in [5.41, 5.74) is 4.51. The molecule has 0 saturated heterocycles. The number of hydrogen-bond donors (Lipinski definition) is 1. The second-order valence-electron chi connectivity index (χ2n) is 8.85. The van der Waals surface area contributed by atoms with Crippen molar-refractivity contribution in [3.63, 3.8) is 0 Å². The van der Waals surface area contributed by atoms with Crippen molar-refractivity contribution in [1.82, 2.24) is 0 Å². The Kier molecular flexibility index (Phi) is 12.9. The van der Waals surface area contributed by atoms with E-state index in [0.717, 1.165) is 50.8 Å². The molecule has 0 amide bonds. The molecule has 34 heavy (non-hydrogen) atoms. The summed E-state index contributed by atoms with van der Waals surface area (Å²) in [5, 5.41) is 3.74. The third-order valence-corrected chi connectivity index (χ3v) is 6.05. The Morgan fingerprint density at radius 2 is 1.68 bits per heavy atom. The Labute approximate surface area is 206 Å². The van der Waals surface area contributed by atoms with E-state index in [2.05, 4.69) is 55.2 Å². The van der Waals surface area contributed by atoms with E-state index in [4.69, 9.17) is 9.47 Å². The Balaban J connectivity index is 2.01. The van der Waals surface area contributed by atoms with E-state index in [1.54, 1.807) is 0 Å². The van der Waals surface area contributed by atoms with Crippen LogP contribution in [0.4, 0.5) is 5.69 Å². The minimum absolute atomic E-state index is 0.259. The Morgan fingerprint density at radius 1 is 0.941 bits per heavy atom. The average molecular weight is 466 g/mol. The molecule has 1 atom stereocenters. The molecule has 0 aliphatic carbocycles. The topological polar surface area (TPSA) is 47.6 Å². The van der Waals surface area contributed by atoms with Crippen molar-refractivity contribution in [1.29, 1.82) is 0 Å². The third kappa shape index (κ3) is 10.0. The summed E-state index contributed by atoms with van der Waals surface area (Å²) >= 11 is 0. The normalized spacial score (nSPS) is 11.6. The fourth-order valence-electron chi connectivity index (χ4n) is 4.16. The highest BCUT2D eigenvalue weighted by molar-refractivity contribution is 5.89. The van der Waals surface area contributed by atoms with Gasteiger partial charge in [-0.2, -0.15) is 0 Å². The zero-order valence-electron chi connectivity index (χ0n) is 21.4. The van der Waals surface area contributed by atoms with Gasteiger partial charge in [0, 0.05) is 18.7 Å². The molecular formula is C30H43NO3. The maximum atomic E-state index is 12.0. The molecular weight excluding hydrogens is 422 g/mol. The van der Waals surface area contributed by atoms with E-state index in [9.17, 15) is 4.79 Å². The van der Waals surface area contributed by atoms with Gasteiger partial charge in [-0.25, -0.2) is 4.79 Å². The number of unbranched alkanes of at least 4 members (excludes halogenated alkanes) is 2. The van der Waals surface area contributed by atoms with Crippen LogP contribution in [0.2, 0.25) is 0 Å². The first-order valence-corrected chi connectivity index (χ1v) is 13.0.